The zero-order valence-corrected chi connectivity index (χ0v) is 13.0. The van der Waals surface area contributed by atoms with E-state index in [-0.39, 0.29) is 10.5 Å². The fraction of sp³-hybridized carbons (Fsp3) is 0.125. The molecular weight excluding hydrogens is 300 g/mol. The first-order valence-corrected chi connectivity index (χ1v) is 8.00. The Morgan fingerprint density at radius 1 is 1.00 bits per heavy atom. The number of nitrogens with zero attached hydrogens (tertiary/aromatic N) is 2. The number of carbonyl (C=O) groups is 1. The number of ketones is 1. The average Bonchev–Trinajstić information content (AvgIpc) is 2.48. The second-order valence-electron chi connectivity index (χ2n) is 4.92. The van der Waals surface area contributed by atoms with Gasteiger partial charge in [0, 0.05) is 5.56 Å². The lowest BCUT2D eigenvalue weighted by atomic mass is 10.1. The summed E-state index contributed by atoms with van der Waals surface area (Å²) in [5.74, 6) is -0.841. The molecule has 0 heterocycles. The fourth-order valence-corrected chi connectivity index (χ4v) is 3.15. The summed E-state index contributed by atoms with van der Waals surface area (Å²) in [5, 5.41) is -0.887. The van der Waals surface area contributed by atoms with E-state index in [4.69, 9.17) is 5.53 Å². The summed E-state index contributed by atoms with van der Waals surface area (Å²) in [4.78, 5) is 15.0. The van der Waals surface area contributed by atoms with Gasteiger partial charge in [0.05, 0.1) is 4.90 Å². The molecule has 0 bridgehead atoms. The van der Waals surface area contributed by atoms with Gasteiger partial charge in [-0.1, -0.05) is 41.5 Å². The number of rotatable bonds is 3. The third kappa shape index (κ3) is 3.03. The van der Waals surface area contributed by atoms with Crippen LogP contribution in [0.1, 0.15) is 21.5 Å². The van der Waals surface area contributed by atoms with Crippen molar-refractivity contribution in [3.05, 3.63) is 70.8 Å². The van der Waals surface area contributed by atoms with Crippen LogP contribution in [0, 0.1) is 13.8 Å². The number of hydrogen-bond donors (Lipinski definition) is 0. The van der Waals surface area contributed by atoms with Crippen molar-refractivity contribution in [2.24, 2.45) is 0 Å². The van der Waals surface area contributed by atoms with Gasteiger partial charge in [0.15, 0.2) is 0 Å². The number of benzene rings is 2. The maximum absolute atomic E-state index is 12.5. The van der Waals surface area contributed by atoms with E-state index < -0.39 is 20.7 Å². The summed E-state index contributed by atoms with van der Waals surface area (Å²) < 4.78 is 24.9. The Morgan fingerprint density at radius 3 is 2.18 bits per heavy atom. The number of Topliss-reactive ketones (excluding diaryl/α,β-unsaturated/α-hetero) is 1. The molecule has 2 aromatic rings. The Kier molecular flexibility index (Phi) is 4.35. The molecule has 0 radical (unpaired) electrons. The molecule has 0 fully saturated rings. The number of carbonyl (C=O) groups excluding carboxylic acids is 1. The standard InChI is InChI=1S/C16H14N2O3S/c1-11-6-8-14(9-7-11)22(20,21)16(18-17)15(19)13-5-3-4-12(2)10-13/h3-10H,1-2H3. The highest BCUT2D eigenvalue weighted by Gasteiger charge is 2.38. The van der Waals surface area contributed by atoms with E-state index in [0.29, 0.717) is 0 Å². The number of sulfone groups is 1. The van der Waals surface area contributed by atoms with Gasteiger partial charge in [-0.3, -0.25) is 4.79 Å². The van der Waals surface area contributed by atoms with E-state index in [1.165, 1.54) is 24.3 Å². The average molecular weight is 314 g/mol. The van der Waals surface area contributed by atoms with Gasteiger partial charge in [-0.05, 0) is 32.0 Å². The molecule has 2 aromatic carbocycles. The minimum atomic E-state index is -4.18. The predicted molar refractivity (Wildman–Crippen MR) is 82.5 cm³/mol. The van der Waals surface area contributed by atoms with Crippen molar-refractivity contribution in [2.45, 2.75) is 18.7 Å². The van der Waals surface area contributed by atoms with Crippen LogP contribution in [0.25, 0.3) is 5.53 Å². The van der Waals surface area contributed by atoms with Crippen molar-refractivity contribution in [1.29, 1.82) is 0 Å². The highest BCUT2D eigenvalue weighted by atomic mass is 32.2. The third-order valence-corrected chi connectivity index (χ3v) is 4.82. The van der Waals surface area contributed by atoms with E-state index in [9.17, 15) is 13.2 Å². The molecule has 0 amide bonds. The zero-order valence-electron chi connectivity index (χ0n) is 12.1. The van der Waals surface area contributed by atoms with Crippen LogP contribution in [-0.2, 0) is 9.84 Å². The quantitative estimate of drug-likeness (QED) is 0.287. The predicted octanol–water partition coefficient (Wildman–Crippen LogP) is 2.59. The van der Waals surface area contributed by atoms with Crippen LogP contribution in [0.5, 0.6) is 0 Å². The summed E-state index contributed by atoms with van der Waals surface area (Å²) in [5.41, 5.74) is 10.9. The summed E-state index contributed by atoms with van der Waals surface area (Å²) in [6.45, 7) is 3.59. The molecule has 0 aliphatic heterocycles. The molecule has 0 aromatic heterocycles. The molecule has 2 rings (SSSR count). The van der Waals surface area contributed by atoms with Crippen LogP contribution in [0.3, 0.4) is 0 Å². The third-order valence-electron chi connectivity index (χ3n) is 3.15. The highest BCUT2D eigenvalue weighted by molar-refractivity contribution is 8.08. The molecular formula is C16H14N2O3S. The summed E-state index contributed by atoms with van der Waals surface area (Å²) in [7, 11) is -4.18. The van der Waals surface area contributed by atoms with Crippen molar-refractivity contribution >= 4 is 20.7 Å². The van der Waals surface area contributed by atoms with Crippen molar-refractivity contribution in [2.75, 3.05) is 0 Å². The number of hydrogen-bond acceptors (Lipinski definition) is 3. The second kappa shape index (κ2) is 6.05. The Labute approximate surface area is 128 Å². The Balaban J connectivity index is 2.50. The van der Waals surface area contributed by atoms with E-state index >= 15 is 0 Å². The van der Waals surface area contributed by atoms with Gasteiger partial charge >= 0.3 is 5.04 Å². The van der Waals surface area contributed by atoms with Crippen LogP contribution >= 0.6 is 0 Å². The van der Waals surface area contributed by atoms with Gasteiger partial charge < -0.3 is 5.53 Å². The van der Waals surface area contributed by atoms with Crippen molar-refractivity contribution in [1.82, 2.24) is 0 Å². The molecule has 0 atom stereocenters. The first-order chi connectivity index (χ1) is 10.4. The molecule has 5 nitrogen and oxygen atoms in total. The summed E-state index contributed by atoms with van der Waals surface area (Å²) in [6, 6.07) is 12.4. The van der Waals surface area contributed by atoms with Gasteiger partial charge in [0.2, 0.25) is 0 Å². The molecule has 0 spiro atoms. The van der Waals surface area contributed by atoms with E-state index in [2.05, 4.69) is 4.79 Å². The van der Waals surface area contributed by atoms with Gasteiger partial charge in [0.25, 0.3) is 15.6 Å². The topological polar surface area (TPSA) is 87.6 Å². The zero-order chi connectivity index (χ0) is 16.3. The maximum Gasteiger partial charge on any atom is 0.456 e. The lowest BCUT2D eigenvalue weighted by Crippen LogP contribution is -2.26. The summed E-state index contributed by atoms with van der Waals surface area (Å²) >= 11 is 0. The monoisotopic (exact) mass is 314 g/mol. The Bertz CT molecular complexity index is 878. The van der Waals surface area contributed by atoms with Crippen LogP contribution in [0.2, 0.25) is 0 Å². The fourth-order valence-electron chi connectivity index (χ4n) is 1.96. The van der Waals surface area contributed by atoms with E-state index in [0.717, 1.165) is 11.1 Å². The van der Waals surface area contributed by atoms with Crippen molar-refractivity contribution in [3.8, 4) is 0 Å². The number of aryl methyl sites for hydroxylation is 2. The van der Waals surface area contributed by atoms with Crippen molar-refractivity contribution < 1.29 is 18.0 Å². The van der Waals surface area contributed by atoms with E-state index in [1.807, 2.05) is 6.92 Å². The van der Waals surface area contributed by atoms with Gasteiger partial charge in [-0.15, -0.1) is 4.79 Å². The maximum atomic E-state index is 12.5. The first kappa shape index (κ1) is 15.8. The first-order valence-electron chi connectivity index (χ1n) is 6.51. The van der Waals surface area contributed by atoms with Crippen molar-refractivity contribution in [3.63, 3.8) is 0 Å². The largest absolute Gasteiger partial charge is 0.456 e. The minimum Gasteiger partial charge on any atom is -0.360 e. The van der Waals surface area contributed by atoms with Crippen LogP contribution in [-0.4, -0.2) is 24.0 Å². The molecule has 0 saturated carbocycles. The minimum absolute atomic E-state index is 0.0908. The molecule has 22 heavy (non-hydrogen) atoms. The smallest absolute Gasteiger partial charge is 0.360 e. The van der Waals surface area contributed by atoms with Crippen LogP contribution in [0.4, 0.5) is 0 Å². The Hall–Kier alpha value is -2.56. The molecule has 0 saturated heterocycles. The molecule has 0 aliphatic carbocycles. The van der Waals surface area contributed by atoms with Gasteiger partial charge in [-0.2, -0.15) is 0 Å². The van der Waals surface area contributed by atoms with E-state index in [1.54, 1.807) is 31.2 Å². The SMILES string of the molecule is Cc1ccc(S(=O)(=O)C(=[N+]=[N-])C(=O)c2cccc(C)c2)cc1. The lowest BCUT2D eigenvalue weighted by Gasteiger charge is -2.02. The normalized spacial score (nSPS) is 10.8. The summed E-state index contributed by atoms with van der Waals surface area (Å²) in [6.07, 6.45) is 0. The molecule has 6 heteroatoms. The van der Waals surface area contributed by atoms with Gasteiger partial charge in [0.1, 0.15) is 0 Å². The molecule has 112 valence electrons. The van der Waals surface area contributed by atoms with Crippen LogP contribution < -0.4 is 0 Å². The lowest BCUT2D eigenvalue weighted by molar-refractivity contribution is -0.00158. The van der Waals surface area contributed by atoms with Gasteiger partial charge in [-0.25, -0.2) is 8.42 Å². The molecule has 0 unspecified atom stereocenters. The molecule has 0 N–H and O–H groups in total. The van der Waals surface area contributed by atoms with Crippen LogP contribution in [0.15, 0.2) is 53.4 Å². The Morgan fingerprint density at radius 2 is 1.64 bits per heavy atom. The molecule has 0 aliphatic rings. The second-order valence-corrected chi connectivity index (χ2v) is 6.79. The highest BCUT2D eigenvalue weighted by Crippen LogP contribution is 2.16.